The minimum atomic E-state index is 0.688. The molecule has 4 heteroatoms. The van der Waals surface area contributed by atoms with Gasteiger partial charge in [0.1, 0.15) is 5.82 Å². The van der Waals surface area contributed by atoms with Crippen molar-refractivity contribution in [3.63, 3.8) is 0 Å². The van der Waals surface area contributed by atoms with Gasteiger partial charge in [-0.2, -0.15) is 0 Å². The Labute approximate surface area is 84.5 Å². The molecule has 1 rings (SSSR count). The van der Waals surface area contributed by atoms with Crippen molar-refractivity contribution < 1.29 is 4.74 Å². The number of nitrogen functional groups attached to an aromatic ring is 1. The third kappa shape index (κ3) is 3.22. The first kappa shape index (κ1) is 10.8. The third-order valence-electron chi connectivity index (χ3n) is 1.88. The molecule has 4 nitrogen and oxygen atoms in total. The molecule has 0 aliphatic rings. The number of nitrogens with one attached hydrogen (secondary N) is 1. The summed E-state index contributed by atoms with van der Waals surface area (Å²) in [6.07, 6.45) is 0.950. The quantitative estimate of drug-likeness (QED) is 0.698. The molecular weight excluding hydrogens is 178 g/mol. The number of ether oxygens (including phenoxy) is 1. The van der Waals surface area contributed by atoms with Crippen molar-refractivity contribution in [1.29, 1.82) is 0 Å². The molecule has 0 radical (unpaired) electrons. The van der Waals surface area contributed by atoms with Crippen LogP contribution in [-0.2, 0) is 4.74 Å². The molecule has 0 aliphatic heterocycles. The van der Waals surface area contributed by atoms with Gasteiger partial charge < -0.3 is 15.8 Å². The van der Waals surface area contributed by atoms with Gasteiger partial charge in [0.05, 0.1) is 5.69 Å². The van der Waals surface area contributed by atoms with Gasteiger partial charge in [0.2, 0.25) is 0 Å². The zero-order chi connectivity index (χ0) is 10.4. The predicted molar refractivity (Wildman–Crippen MR) is 58.4 cm³/mol. The maximum atomic E-state index is 5.75. The van der Waals surface area contributed by atoms with Crippen LogP contribution in [-0.4, -0.2) is 25.2 Å². The maximum Gasteiger partial charge on any atom is 0.149 e. The van der Waals surface area contributed by atoms with Crippen LogP contribution in [0.5, 0.6) is 0 Å². The molecule has 0 aromatic carbocycles. The zero-order valence-electron chi connectivity index (χ0n) is 8.71. The Morgan fingerprint density at radius 1 is 1.50 bits per heavy atom. The molecule has 0 unspecified atom stereocenters. The summed E-state index contributed by atoms with van der Waals surface area (Å²) in [4.78, 5) is 4.29. The molecule has 0 atom stereocenters. The molecular formula is C10H17N3O. The number of anilines is 2. The molecule has 14 heavy (non-hydrogen) atoms. The monoisotopic (exact) mass is 195 g/mol. The minimum Gasteiger partial charge on any atom is -0.396 e. The van der Waals surface area contributed by atoms with Crippen molar-refractivity contribution in [1.82, 2.24) is 4.98 Å². The number of aromatic nitrogens is 1. The van der Waals surface area contributed by atoms with Crippen LogP contribution in [0, 0.1) is 6.92 Å². The number of aryl methyl sites for hydroxylation is 1. The number of hydrogen-bond acceptors (Lipinski definition) is 4. The van der Waals surface area contributed by atoms with Crippen molar-refractivity contribution in [2.24, 2.45) is 0 Å². The van der Waals surface area contributed by atoms with Crippen LogP contribution in [0.15, 0.2) is 12.1 Å². The maximum absolute atomic E-state index is 5.75. The summed E-state index contributed by atoms with van der Waals surface area (Å²) in [6, 6.07) is 3.76. The molecule has 0 spiro atoms. The van der Waals surface area contributed by atoms with E-state index in [4.69, 9.17) is 10.5 Å². The van der Waals surface area contributed by atoms with E-state index in [1.54, 1.807) is 7.11 Å². The van der Waals surface area contributed by atoms with Crippen LogP contribution in [0.3, 0.4) is 0 Å². The fraction of sp³-hybridized carbons (Fsp3) is 0.500. The normalized spacial score (nSPS) is 10.1. The summed E-state index contributed by atoms with van der Waals surface area (Å²) >= 11 is 0. The molecule has 0 aliphatic carbocycles. The van der Waals surface area contributed by atoms with Crippen molar-refractivity contribution in [2.75, 3.05) is 31.3 Å². The molecule has 1 aromatic heterocycles. The first-order valence-corrected chi connectivity index (χ1v) is 4.70. The van der Waals surface area contributed by atoms with Gasteiger partial charge in [0.15, 0.2) is 0 Å². The average Bonchev–Trinajstić information content (AvgIpc) is 2.18. The van der Waals surface area contributed by atoms with Crippen LogP contribution in [0.1, 0.15) is 12.1 Å². The average molecular weight is 195 g/mol. The van der Waals surface area contributed by atoms with Crippen LogP contribution in [0.2, 0.25) is 0 Å². The molecule has 0 saturated carbocycles. The smallest absolute Gasteiger partial charge is 0.149 e. The van der Waals surface area contributed by atoms with Crippen molar-refractivity contribution in [3.05, 3.63) is 17.8 Å². The number of nitrogens with two attached hydrogens (primary N) is 1. The highest BCUT2D eigenvalue weighted by molar-refractivity contribution is 5.61. The van der Waals surface area contributed by atoms with Crippen LogP contribution in [0.4, 0.5) is 11.5 Å². The van der Waals surface area contributed by atoms with E-state index >= 15 is 0 Å². The van der Waals surface area contributed by atoms with Gasteiger partial charge >= 0.3 is 0 Å². The second-order valence-corrected chi connectivity index (χ2v) is 3.16. The Bertz CT molecular complexity index is 289. The molecule has 0 bridgehead atoms. The Hall–Kier alpha value is -1.29. The standard InChI is InChI=1S/C10H17N3O/c1-8-4-5-9(11)10(13-8)12-6-3-7-14-2/h4-5H,3,6-7,11H2,1-2H3,(H,12,13). The third-order valence-corrected chi connectivity index (χ3v) is 1.88. The van der Waals surface area contributed by atoms with Crippen molar-refractivity contribution >= 4 is 11.5 Å². The Morgan fingerprint density at radius 3 is 3.00 bits per heavy atom. The van der Waals surface area contributed by atoms with Crippen molar-refractivity contribution in [2.45, 2.75) is 13.3 Å². The van der Waals surface area contributed by atoms with E-state index in [1.807, 2.05) is 19.1 Å². The molecule has 78 valence electrons. The summed E-state index contributed by atoms with van der Waals surface area (Å²) in [6.45, 7) is 3.52. The number of methoxy groups -OCH3 is 1. The second kappa shape index (κ2) is 5.44. The summed E-state index contributed by atoms with van der Waals surface area (Å²) in [5, 5.41) is 3.17. The summed E-state index contributed by atoms with van der Waals surface area (Å²) in [5.41, 5.74) is 7.40. The predicted octanol–water partition coefficient (Wildman–Crippen LogP) is 1.42. The van der Waals surface area contributed by atoms with E-state index in [-0.39, 0.29) is 0 Å². The summed E-state index contributed by atoms with van der Waals surface area (Å²) in [7, 11) is 1.69. The highest BCUT2D eigenvalue weighted by Gasteiger charge is 1.99. The highest BCUT2D eigenvalue weighted by Crippen LogP contribution is 2.14. The minimum absolute atomic E-state index is 0.688. The number of nitrogens with zero attached hydrogens (tertiary/aromatic N) is 1. The van der Waals surface area contributed by atoms with Gasteiger partial charge in [-0.3, -0.25) is 0 Å². The van der Waals surface area contributed by atoms with E-state index in [0.29, 0.717) is 5.69 Å². The summed E-state index contributed by atoms with van der Waals surface area (Å²) < 4.78 is 4.94. The fourth-order valence-corrected chi connectivity index (χ4v) is 1.13. The topological polar surface area (TPSA) is 60.2 Å². The molecule has 1 heterocycles. The van der Waals surface area contributed by atoms with Crippen LogP contribution < -0.4 is 11.1 Å². The highest BCUT2D eigenvalue weighted by atomic mass is 16.5. The lowest BCUT2D eigenvalue weighted by Gasteiger charge is -2.08. The lowest BCUT2D eigenvalue weighted by atomic mass is 10.3. The van der Waals surface area contributed by atoms with Gasteiger partial charge in [-0.05, 0) is 25.5 Å². The molecule has 3 N–H and O–H groups in total. The van der Waals surface area contributed by atoms with E-state index in [0.717, 1.165) is 31.1 Å². The molecule has 0 fully saturated rings. The van der Waals surface area contributed by atoms with E-state index in [1.165, 1.54) is 0 Å². The number of hydrogen-bond donors (Lipinski definition) is 2. The van der Waals surface area contributed by atoms with Gasteiger partial charge in [-0.15, -0.1) is 0 Å². The lowest BCUT2D eigenvalue weighted by Crippen LogP contribution is -2.08. The number of rotatable bonds is 5. The molecule has 1 aromatic rings. The largest absolute Gasteiger partial charge is 0.396 e. The SMILES string of the molecule is COCCCNc1nc(C)ccc1N. The zero-order valence-corrected chi connectivity index (χ0v) is 8.71. The lowest BCUT2D eigenvalue weighted by molar-refractivity contribution is 0.198. The second-order valence-electron chi connectivity index (χ2n) is 3.16. The van der Waals surface area contributed by atoms with Gasteiger partial charge in [-0.25, -0.2) is 4.98 Å². The first-order valence-electron chi connectivity index (χ1n) is 4.70. The molecule has 0 amide bonds. The fourth-order valence-electron chi connectivity index (χ4n) is 1.13. The van der Waals surface area contributed by atoms with E-state index < -0.39 is 0 Å². The molecule has 0 saturated heterocycles. The van der Waals surface area contributed by atoms with Gasteiger partial charge in [0.25, 0.3) is 0 Å². The van der Waals surface area contributed by atoms with E-state index in [9.17, 15) is 0 Å². The van der Waals surface area contributed by atoms with Crippen molar-refractivity contribution in [3.8, 4) is 0 Å². The number of pyridine rings is 1. The Balaban J connectivity index is 2.45. The summed E-state index contributed by atoms with van der Waals surface area (Å²) in [5.74, 6) is 0.765. The van der Waals surface area contributed by atoms with Gasteiger partial charge in [-0.1, -0.05) is 0 Å². The van der Waals surface area contributed by atoms with Gasteiger partial charge in [0, 0.05) is 26.0 Å². The Kier molecular flexibility index (Phi) is 4.19. The van der Waals surface area contributed by atoms with Crippen LogP contribution >= 0.6 is 0 Å². The first-order chi connectivity index (χ1) is 6.74. The van der Waals surface area contributed by atoms with Crippen LogP contribution in [0.25, 0.3) is 0 Å². The Morgan fingerprint density at radius 2 is 2.29 bits per heavy atom. The van der Waals surface area contributed by atoms with E-state index in [2.05, 4.69) is 10.3 Å².